The second-order valence-corrected chi connectivity index (χ2v) is 14.0. The zero-order valence-electron chi connectivity index (χ0n) is 33.9. The van der Waals surface area contributed by atoms with Gasteiger partial charge in [0.05, 0.1) is 36.5 Å². The molecule has 2 aliphatic heterocycles. The highest BCUT2D eigenvalue weighted by molar-refractivity contribution is 6.05. The Morgan fingerprint density at radius 1 is 0.773 bits per heavy atom. The van der Waals surface area contributed by atoms with Crippen molar-refractivity contribution in [3.8, 4) is 0 Å². The minimum absolute atomic E-state index is 0.00670. The van der Waals surface area contributed by atoms with Crippen LogP contribution in [-0.2, 0) is 50.5 Å². The predicted molar refractivity (Wildman–Crippen MR) is 216 cm³/mol. The number of aliphatic hydroxyl groups is 1. The first kappa shape index (κ1) is 49.5. The molecule has 6 rings (SSSR count). The normalized spacial score (nSPS) is 17.3. The van der Waals surface area contributed by atoms with Crippen molar-refractivity contribution in [3.05, 3.63) is 125 Å². The van der Waals surface area contributed by atoms with Gasteiger partial charge in [-0.25, -0.2) is 13.6 Å². The Balaban J connectivity index is 0.000000248. The van der Waals surface area contributed by atoms with Crippen LogP contribution in [0.4, 0.5) is 63.6 Å². The molecule has 0 spiro atoms. The molecule has 4 aromatic rings. The van der Waals surface area contributed by atoms with E-state index in [9.17, 15) is 64.2 Å². The zero-order valence-corrected chi connectivity index (χ0v) is 33.9. The van der Waals surface area contributed by atoms with Crippen LogP contribution in [0.1, 0.15) is 23.6 Å². The third-order valence-electron chi connectivity index (χ3n) is 9.50. The maximum Gasteiger partial charge on any atom is 0.416 e. The molecule has 0 aromatic heterocycles. The topological polar surface area (TPSA) is 218 Å². The SMILES string of the molecule is N=C(N)c1ccc(NC(=O)[C@H](O)[C@H]2OCCN(c3ccc(C(F)(F)F)cc3)C2=O)cc1F.[C-]#[N+]c1ccc(NC(=O)[C@H](OC(C)=O)[C@H]2OCCN(c3ccc(C(F)(F)F)cc3)C2=O)cc1F. The molecule has 2 fully saturated rings. The van der Waals surface area contributed by atoms with E-state index in [1.807, 2.05) is 0 Å². The van der Waals surface area contributed by atoms with Gasteiger partial charge in [0.15, 0.2) is 18.3 Å². The first-order valence-electron chi connectivity index (χ1n) is 19.0. The summed E-state index contributed by atoms with van der Waals surface area (Å²) in [5.41, 5.74) is 3.14. The van der Waals surface area contributed by atoms with Gasteiger partial charge in [-0.3, -0.25) is 29.4 Å². The highest BCUT2D eigenvalue weighted by atomic mass is 19.4. The summed E-state index contributed by atoms with van der Waals surface area (Å²) in [6.07, 6.45) is -16.1. The highest BCUT2D eigenvalue weighted by Crippen LogP contribution is 2.33. The lowest BCUT2D eigenvalue weighted by Crippen LogP contribution is -2.56. The number of amides is 4. The molecule has 0 aliphatic carbocycles. The molecule has 2 saturated heterocycles. The molecular weight excluding hydrogens is 898 g/mol. The van der Waals surface area contributed by atoms with Gasteiger partial charge in [-0.15, -0.1) is 0 Å². The number of benzene rings is 4. The summed E-state index contributed by atoms with van der Waals surface area (Å²) >= 11 is 0. The van der Waals surface area contributed by atoms with Crippen molar-refractivity contribution >= 4 is 63.9 Å². The van der Waals surface area contributed by atoms with Gasteiger partial charge in [0.1, 0.15) is 17.5 Å². The average Bonchev–Trinajstić information content (AvgIpc) is 3.25. The van der Waals surface area contributed by atoms with Crippen LogP contribution in [0.3, 0.4) is 0 Å². The number of morpholine rings is 2. The second kappa shape index (κ2) is 20.6. The molecule has 16 nitrogen and oxygen atoms in total. The minimum atomic E-state index is -4.55. The van der Waals surface area contributed by atoms with E-state index in [1.54, 1.807) is 0 Å². The largest absolute Gasteiger partial charge is 0.449 e. The number of hydrogen-bond donors (Lipinski definition) is 5. The van der Waals surface area contributed by atoms with Gasteiger partial charge in [-0.05, 0) is 78.9 Å². The molecule has 4 atom stereocenters. The average molecular weight is 934 g/mol. The summed E-state index contributed by atoms with van der Waals surface area (Å²) < 4.78 is 120. The van der Waals surface area contributed by atoms with Crippen molar-refractivity contribution in [2.75, 3.05) is 46.7 Å². The van der Waals surface area contributed by atoms with Crippen LogP contribution in [0, 0.1) is 23.6 Å². The van der Waals surface area contributed by atoms with E-state index in [4.69, 9.17) is 31.9 Å². The van der Waals surface area contributed by atoms with E-state index in [-0.39, 0.29) is 60.3 Å². The molecule has 2 aliphatic rings. The fraction of sp³-hybridized carbons (Fsp3) is 0.262. The second-order valence-electron chi connectivity index (χ2n) is 14.0. The Kier molecular flexibility index (Phi) is 15.4. The number of aliphatic hydroxyl groups excluding tert-OH is 1. The Morgan fingerprint density at radius 3 is 1.67 bits per heavy atom. The van der Waals surface area contributed by atoms with Crippen molar-refractivity contribution in [1.82, 2.24) is 0 Å². The van der Waals surface area contributed by atoms with E-state index in [0.29, 0.717) is 0 Å². The third kappa shape index (κ3) is 12.0. The molecule has 0 saturated carbocycles. The van der Waals surface area contributed by atoms with Crippen molar-refractivity contribution < 1.29 is 78.4 Å². The first-order valence-corrected chi connectivity index (χ1v) is 19.0. The Labute approximate surface area is 368 Å². The van der Waals surface area contributed by atoms with Crippen LogP contribution in [0.25, 0.3) is 4.85 Å². The Hall–Kier alpha value is -7.49. The van der Waals surface area contributed by atoms with Crippen LogP contribution in [0.2, 0.25) is 0 Å². The molecule has 4 aromatic carbocycles. The van der Waals surface area contributed by atoms with Crippen molar-refractivity contribution in [1.29, 1.82) is 5.41 Å². The van der Waals surface area contributed by atoms with Gasteiger partial charge < -0.3 is 45.5 Å². The van der Waals surface area contributed by atoms with Gasteiger partial charge in [-0.2, -0.15) is 26.3 Å². The number of alkyl halides is 6. The fourth-order valence-corrected chi connectivity index (χ4v) is 6.31. The molecule has 66 heavy (non-hydrogen) atoms. The molecule has 2 heterocycles. The number of hydrogen-bond acceptors (Lipinski definition) is 10. The number of carbonyl (C=O) groups excluding carboxylic acids is 5. The van der Waals surface area contributed by atoms with Gasteiger partial charge >= 0.3 is 18.3 Å². The van der Waals surface area contributed by atoms with Crippen molar-refractivity contribution in [2.24, 2.45) is 5.73 Å². The summed E-state index contributed by atoms with van der Waals surface area (Å²) in [7, 11) is 0. The summed E-state index contributed by atoms with van der Waals surface area (Å²) in [6, 6.07) is 14.2. The van der Waals surface area contributed by atoms with Gasteiger partial charge in [-0.1, -0.05) is 6.07 Å². The predicted octanol–water partition coefficient (Wildman–Crippen LogP) is 5.56. The molecule has 4 amide bonds. The molecular formula is C42H35F8N7O9. The standard InChI is InChI=1S/C22H17F4N3O5.C20H18F4N4O4/c1-12(30)34-18(20(31)28-14-5-8-17(27-2)16(23)11-14)19-21(32)29(9-10-33-19)15-6-3-13(4-7-15)22(24,25)26;21-14-9-11(3-6-13(14)17(25)26)27-18(30)15(29)16-19(31)28(7-8-32-16)12-4-1-10(2-5-12)20(22,23)24/h3-8,11,18-19H,9-10H2,1H3,(H,28,31);1-6,9,15-16,29H,7-8H2,(H3,25,26)(H,27,30)/t18-,19-;15-,16-/m11/s1. The number of anilines is 4. The summed E-state index contributed by atoms with van der Waals surface area (Å²) in [4.78, 5) is 67.7. The number of carbonyl (C=O) groups is 5. The van der Waals surface area contributed by atoms with E-state index in [2.05, 4.69) is 15.5 Å². The van der Waals surface area contributed by atoms with Gasteiger partial charge in [0, 0.05) is 42.8 Å². The van der Waals surface area contributed by atoms with Crippen molar-refractivity contribution in [2.45, 2.75) is 43.7 Å². The minimum Gasteiger partial charge on any atom is -0.449 e. The molecule has 24 heteroatoms. The van der Waals surface area contributed by atoms with E-state index in [0.717, 1.165) is 89.5 Å². The number of nitrogens with zero attached hydrogens (tertiary/aromatic N) is 3. The summed E-state index contributed by atoms with van der Waals surface area (Å²) in [6.45, 7) is 7.67. The molecule has 6 N–H and O–H groups in total. The van der Waals surface area contributed by atoms with Crippen LogP contribution in [0.5, 0.6) is 0 Å². The lowest BCUT2D eigenvalue weighted by molar-refractivity contribution is -0.167. The van der Waals surface area contributed by atoms with E-state index in [1.165, 1.54) is 12.1 Å². The molecule has 348 valence electrons. The quantitative estimate of drug-likeness (QED) is 0.0439. The van der Waals surface area contributed by atoms with Crippen molar-refractivity contribution in [3.63, 3.8) is 0 Å². The number of nitrogens with one attached hydrogen (secondary N) is 3. The smallest absolute Gasteiger partial charge is 0.416 e. The Morgan fingerprint density at radius 2 is 1.23 bits per heavy atom. The lowest BCUT2D eigenvalue weighted by atomic mass is 10.1. The highest BCUT2D eigenvalue weighted by Gasteiger charge is 2.43. The number of esters is 1. The Bertz CT molecular complexity index is 2540. The van der Waals surface area contributed by atoms with Gasteiger partial charge in [0.2, 0.25) is 11.8 Å². The number of halogens is 8. The molecule has 0 radical (unpaired) electrons. The maximum atomic E-state index is 13.9. The summed E-state index contributed by atoms with van der Waals surface area (Å²) in [5, 5.41) is 22.1. The van der Waals surface area contributed by atoms with E-state index >= 15 is 0 Å². The number of amidine groups is 1. The monoisotopic (exact) mass is 933 g/mol. The molecule has 0 unspecified atom stereocenters. The van der Waals surface area contributed by atoms with Crippen LogP contribution >= 0.6 is 0 Å². The number of ether oxygens (including phenoxy) is 3. The van der Waals surface area contributed by atoms with Crippen LogP contribution in [-0.4, -0.2) is 91.3 Å². The third-order valence-corrected chi connectivity index (χ3v) is 9.50. The fourth-order valence-electron chi connectivity index (χ4n) is 6.31. The first-order chi connectivity index (χ1) is 31.0. The summed E-state index contributed by atoms with van der Waals surface area (Å²) in [5.74, 6) is -6.88. The number of nitrogen functional groups attached to an aromatic ring is 1. The van der Waals surface area contributed by atoms with Crippen LogP contribution < -0.4 is 26.2 Å². The van der Waals surface area contributed by atoms with E-state index < -0.39 is 95.0 Å². The molecule has 0 bridgehead atoms. The number of nitrogens with two attached hydrogens (primary N) is 1. The maximum absolute atomic E-state index is 13.9. The zero-order chi connectivity index (χ0) is 48.7. The lowest BCUT2D eigenvalue weighted by Gasteiger charge is -2.35. The van der Waals surface area contributed by atoms with Gasteiger partial charge in [0.25, 0.3) is 23.6 Å². The van der Waals surface area contributed by atoms with Crippen LogP contribution in [0.15, 0.2) is 84.9 Å². The number of rotatable bonds is 10.